The van der Waals surface area contributed by atoms with E-state index < -0.39 is 5.97 Å². The van der Waals surface area contributed by atoms with Crippen molar-refractivity contribution >= 4 is 17.7 Å². The van der Waals surface area contributed by atoms with Gasteiger partial charge in [0, 0.05) is 24.7 Å². The lowest BCUT2D eigenvalue weighted by atomic mass is 9.63. The topological polar surface area (TPSA) is 65.0 Å². The summed E-state index contributed by atoms with van der Waals surface area (Å²) in [7, 11) is 0. The van der Waals surface area contributed by atoms with Crippen molar-refractivity contribution in [2.45, 2.75) is 53.9 Å². The predicted molar refractivity (Wildman–Crippen MR) is 71.6 cm³/mol. The third kappa shape index (κ3) is 4.04. The second kappa shape index (κ2) is 5.72. The van der Waals surface area contributed by atoms with Gasteiger partial charge in [-0.2, -0.15) is 0 Å². The summed E-state index contributed by atoms with van der Waals surface area (Å²) in [5.74, 6) is -0.750. The molecule has 0 amide bonds. The van der Waals surface area contributed by atoms with Crippen LogP contribution in [0.5, 0.6) is 0 Å². The van der Waals surface area contributed by atoms with Gasteiger partial charge in [-0.15, -0.1) is 0 Å². The van der Waals surface area contributed by atoms with Gasteiger partial charge in [-0.3, -0.25) is 4.79 Å². The van der Waals surface area contributed by atoms with Crippen LogP contribution in [0.3, 0.4) is 0 Å². The first-order valence-corrected chi connectivity index (χ1v) is 6.57. The molecule has 5 nitrogen and oxygen atoms in total. The molecule has 5 heteroatoms. The van der Waals surface area contributed by atoms with Gasteiger partial charge in [0.2, 0.25) is 0 Å². The van der Waals surface area contributed by atoms with Crippen LogP contribution in [0, 0.1) is 10.8 Å². The number of nitrogens with zero attached hydrogens (tertiary/aromatic N) is 1. The zero-order valence-corrected chi connectivity index (χ0v) is 12.4. The number of hydrogen-bond acceptors (Lipinski definition) is 5. The molecule has 19 heavy (non-hydrogen) atoms. The largest absolute Gasteiger partial charge is 0.465 e. The summed E-state index contributed by atoms with van der Waals surface area (Å²) in [6.07, 6.45) is 2.87. The SMILES string of the molecule is CC(=O)OCC1(C)CCCC(C)(C)/C1=N\OC(C)=O. The molecule has 0 spiro atoms. The third-order valence-corrected chi connectivity index (χ3v) is 3.60. The maximum Gasteiger partial charge on any atom is 0.331 e. The van der Waals surface area contributed by atoms with Gasteiger partial charge in [-0.1, -0.05) is 32.3 Å². The van der Waals surface area contributed by atoms with Crippen LogP contribution in [0.15, 0.2) is 5.16 Å². The molecule has 1 aliphatic carbocycles. The minimum absolute atomic E-state index is 0.164. The smallest absolute Gasteiger partial charge is 0.331 e. The van der Waals surface area contributed by atoms with Crippen LogP contribution in [0.1, 0.15) is 53.9 Å². The highest BCUT2D eigenvalue weighted by Gasteiger charge is 2.45. The van der Waals surface area contributed by atoms with Crippen LogP contribution < -0.4 is 0 Å². The van der Waals surface area contributed by atoms with Gasteiger partial charge in [0.25, 0.3) is 0 Å². The molecule has 1 atom stereocenters. The normalized spacial score (nSPS) is 27.9. The number of rotatable bonds is 3. The molecule has 108 valence electrons. The monoisotopic (exact) mass is 269 g/mol. The summed E-state index contributed by atoms with van der Waals surface area (Å²) in [4.78, 5) is 26.8. The number of carbonyl (C=O) groups excluding carboxylic acids is 2. The molecule has 1 aliphatic rings. The van der Waals surface area contributed by atoms with Gasteiger partial charge in [0.15, 0.2) is 0 Å². The summed E-state index contributed by atoms with van der Waals surface area (Å²) in [6, 6.07) is 0. The van der Waals surface area contributed by atoms with E-state index in [-0.39, 0.29) is 23.4 Å². The van der Waals surface area contributed by atoms with E-state index in [9.17, 15) is 9.59 Å². The second-order valence-corrected chi connectivity index (χ2v) is 6.10. The van der Waals surface area contributed by atoms with Crippen molar-refractivity contribution in [1.29, 1.82) is 0 Å². The Morgan fingerprint density at radius 3 is 2.32 bits per heavy atom. The number of ether oxygens (including phenoxy) is 1. The minimum Gasteiger partial charge on any atom is -0.465 e. The highest BCUT2D eigenvalue weighted by Crippen LogP contribution is 2.44. The zero-order valence-electron chi connectivity index (χ0n) is 12.4. The lowest BCUT2D eigenvalue weighted by Gasteiger charge is -2.43. The molecular weight excluding hydrogens is 246 g/mol. The maximum atomic E-state index is 11.0. The number of oxime groups is 1. The highest BCUT2D eigenvalue weighted by molar-refractivity contribution is 5.95. The summed E-state index contributed by atoms with van der Waals surface area (Å²) >= 11 is 0. The van der Waals surface area contributed by atoms with E-state index in [1.807, 2.05) is 6.92 Å². The Hall–Kier alpha value is -1.39. The zero-order chi connectivity index (χ0) is 14.7. The van der Waals surface area contributed by atoms with E-state index in [2.05, 4.69) is 19.0 Å². The van der Waals surface area contributed by atoms with Gasteiger partial charge in [-0.25, -0.2) is 4.79 Å². The van der Waals surface area contributed by atoms with Gasteiger partial charge in [0.1, 0.15) is 6.61 Å². The van der Waals surface area contributed by atoms with E-state index in [1.165, 1.54) is 13.8 Å². The molecule has 0 aromatic rings. The Balaban J connectivity index is 3.00. The number of carbonyl (C=O) groups is 2. The quantitative estimate of drug-likeness (QED) is 0.449. The predicted octanol–water partition coefficient (Wildman–Crippen LogP) is 2.69. The number of esters is 1. The molecule has 0 aromatic carbocycles. The third-order valence-electron chi connectivity index (χ3n) is 3.60. The molecule has 0 radical (unpaired) electrons. The Kier molecular flexibility index (Phi) is 4.71. The van der Waals surface area contributed by atoms with Crippen LogP contribution in [0.2, 0.25) is 0 Å². The van der Waals surface area contributed by atoms with E-state index in [0.717, 1.165) is 25.0 Å². The number of hydrogen-bond donors (Lipinski definition) is 0. The van der Waals surface area contributed by atoms with Gasteiger partial charge in [0.05, 0.1) is 5.71 Å². The molecule has 0 aliphatic heterocycles. The molecule has 0 N–H and O–H groups in total. The minimum atomic E-state index is -0.441. The Bertz CT molecular complexity index is 400. The Labute approximate surface area is 114 Å². The highest BCUT2D eigenvalue weighted by atomic mass is 16.7. The molecule has 1 fully saturated rings. The molecule has 0 bridgehead atoms. The fourth-order valence-electron chi connectivity index (χ4n) is 2.72. The average molecular weight is 269 g/mol. The second-order valence-electron chi connectivity index (χ2n) is 6.10. The van der Waals surface area contributed by atoms with Crippen molar-refractivity contribution in [3.05, 3.63) is 0 Å². The lowest BCUT2D eigenvalue weighted by Crippen LogP contribution is -2.46. The molecular formula is C14H23NO4. The van der Waals surface area contributed by atoms with E-state index in [1.54, 1.807) is 0 Å². The van der Waals surface area contributed by atoms with Crippen LogP contribution >= 0.6 is 0 Å². The average Bonchev–Trinajstić information content (AvgIpc) is 2.24. The summed E-state index contributed by atoms with van der Waals surface area (Å²) in [5, 5.41) is 4.04. The van der Waals surface area contributed by atoms with Crippen molar-refractivity contribution in [1.82, 2.24) is 0 Å². The molecule has 1 saturated carbocycles. The maximum absolute atomic E-state index is 11.0. The van der Waals surface area contributed by atoms with E-state index in [0.29, 0.717) is 0 Å². The van der Waals surface area contributed by atoms with Crippen molar-refractivity contribution < 1.29 is 19.2 Å². The fourth-order valence-corrected chi connectivity index (χ4v) is 2.72. The van der Waals surface area contributed by atoms with Crippen molar-refractivity contribution in [2.75, 3.05) is 6.61 Å². The first kappa shape index (κ1) is 15.7. The van der Waals surface area contributed by atoms with Gasteiger partial charge >= 0.3 is 11.9 Å². The summed E-state index contributed by atoms with van der Waals surface area (Å²) < 4.78 is 5.15. The lowest BCUT2D eigenvalue weighted by molar-refractivity contribution is -0.144. The first-order chi connectivity index (χ1) is 8.67. The van der Waals surface area contributed by atoms with Crippen LogP contribution in [-0.2, 0) is 19.2 Å². The van der Waals surface area contributed by atoms with Crippen molar-refractivity contribution in [2.24, 2.45) is 16.0 Å². The standard InChI is InChI=1S/C14H23NO4/c1-10(16)18-9-14(5)8-6-7-13(3,4)12(14)15-19-11(2)17/h6-9H2,1-5H3/b15-12+. The molecule has 1 rings (SSSR count). The molecule has 0 saturated heterocycles. The van der Waals surface area contributed by atoms with Gasteiger partial charge in [-0.05, 0) is 12.8 Å². The fraction of sp³-hybridized carbons (Fsp3) is 0.786. The van der Waals surface area contributed by atoms with Crippen LogP contribution in [-0.4, -0.2) is 24.3 Å². The van der Waals surface area contributed by atoms with E-state index >= 15 is 0 Å². The molecule has 0 aromatic heterocycles. The van der Waals surface area contributed by atoms with Crippen LogP contribution in [0.4, 0.5) is 0 Å². The molecule has 1 unspecified atom stereocenters. The Morgan fingerprint density at radius 1 is 1.16 bits per heavy atom. The Morgan fingerprint density at radius 2 is 1.79 bits per heavy atom. The van der Waals surface area contributed by atoms with E-state index in [4.69, 9.17) is 9.57 Å². The molecule has 0 heterocycles. The van der Waals surface area contributed by atoms with Crippen molar-refractivity contribution in [3.8, 4) is 0 Å². The summed E-state index contributed by atoms with van der Waals surface area (Å²) in [5.41, 5.74) is 0.258. The van der Waals surface area contributed by atoms with Crippen LogP contribution in [0.25, 0.3) is 0 Å². The summed E-state index contributed by atoms with van der Waals surface area (Å²) in [6.45, 7) is 9.12. The van der Waals surface area contributed by atoms with Crippen molar-refractivity contribution in [3.63, 3.8) is 0 Å². The first-order valence-electron chi connectivity index (χ1n) is 6.57. The van der Waals surface area contributed by atoms with Gasteiger partial charge < -0.3 is 9.57 Å².